The summed E-state index contributed by atoms with van der Waals surface area (Å²) in [7, 11) is 0. The van der Waals surface area contributed by atoms with Crippen LogP contribution in [0.15, 0.2) is 41.1 Å². The Hall–Kier alpha value is -3.44. The number of thiazole rings is 1. The third-order valence-corrected chi connectivity index (χ3v) is 7.38. The molecule has 0 saturated carbocycles. The average molecular weight is 562 g/mol. The fourth-order valence-corrected chi connectivity index (χ4v) is 5.39. The van der Waals surface area contributed by atoms with Gasteiger partial charge in [-0.2, -0.15) is 4.98 Å². The Bertz CT molecular complexity index is 1390. The SMILES string of the molecule is Cl.O=C(O)CC(Cc1nc(CCCc2ccc3c(n2)NCCC3)no1)c1cnc(-c2cc(F)cc(F)c2)s1. The van der Waals surface area contributed by atoms with Crippen LogP contribution in [0.1, 0.15) is 53.0 Å². The molecule has 0 aliphatic carbocycles. The summed E-state index contributed by atoms with van der Waals surface area (Å²) < 4.78 is 32.6. The van der Waals surface area contributed by atoms with Gasteiger partial charge >= 0.3 is 5.97 Å². The van der Waals surface area contributed by atoms with Gasteiger partial charge in [0.1, 0.15) is 22.5 Å². The third kappa shape index (κ3) is 6.90. The highest BCUT2D eigenvalue weighted by molar-refractivity contribution is 7.15. The monoisotopic (exact) mass is 561 g/mol. The standard InChI is InChI=1S/C26H25F2N5O3S.ClH/c27-18-9-17(10-19(28)13-18)26-30-14-21(37-26)16(12-24(34)35)11-23-32-22(33-36-23)5-1-4-20-7-6-15-3-2-8-29-25(15)31-20;/h6-7,9-10,13-14,16H,1-5,8,11-12H2,(H,29,31)(H,34,35);1H. The van der Waals surface area contributed by atoms with E-state index >= 15 is 0 Å². The van der Waals surface area contributed by atoms with Crippen LogP contribution in [0, 0.1) is 11.6 Å². The van der Waals surface area contributed by atoms with Crippen LogP contribution in [0.25, 0.3) is 10.6 Å². The van der Waals surface area contributed by atoms with E-state index in [1.165, 1.54) is 35.2 Å². The minimum Gasteiger partial charge on any atom is -0.481 e. The Kier molecular flexibility index (Phi) is 9.01. The number of carboxylic acids is 1. The molecule has 5 rings (SSSR count). The number of hydrogen-bond acceptors (Lipinski definition) is 8. The molecule has 4 aromatic rings. The molecule has 4 heterocycles. The van der Waals surface area contributed by atoms with Gasteiger partial charge in [0.25, 0.3) is 0 Å². The molecule has 200 valence electrons. The summed E-state index contributed by atoms with van der Waals surface area (Å²) in [5.74, 6) is -0.989. The van der Waals surface area contributed by atoms with E-state index in [-0.39, 0.29) is 25.2 Å². The van der Waals surface area contributed by atoms with Crippen LogP contribution in [-0.2, 0) is 30.5 Å². The highest BCUT2D eigenvalue weighted by Crippen LogP contribution is 2.34. The van der Waals surface area contributed by atoms with Crippen LogP contribution in [0.5, 0.6) is 0 Å². The maximum atomic E-state index is 13.6. The average Bonchev–Trinajstić information content (AvgIpc) is 3.53. The van der Waals surface area contributed by atoms with E-state index in [4.69, 9.17) is 9.51 Å². The number of carbonyl (C=O) groups is 1. The number of nitrogens with zero attached hydrogens (tertiary/aromatic N) is 4. The number of aryl methyl sites for hydroxylation is 3. The second-order valence-electron chi connectivity index (χ2n) is 9.02. The number of halogens is 3. The second-order valence-corrected chi connectivity index (χ2v) is 10.1. The fraction of sp³-hybridized carbons (Fsp3) is 0.346. The van der Waals surface area contributed by atoms with Crippen molar-refractivity contribution < 1.29 is 23.2 Å². The van der Waals surface area contributed by atoms with E-state index in [0.717, 1.165) is 49.8 Å². The summed E-state index contributed by atoms with van der Waals surface area (Å²) in [6, 6.07) is 7.37. The number of aliphatic carboxylic acids is 1. The topological polar surface area (TPSA) is 114 Å². The van der Waals surface area contributed by atoms with Crippen LogP contribution in [0.3, 0.4) is 0 Å². The smallest absolute Gasteiger partial charge is 0.304 e. The molecule has 0 amide bonds. The molecule has 3 aromatic heterocycles. The zero-order valence-electron chi connectivity index (χ0n) is 20.3. The quantitative estimate of drug-likeness (QED) is 0.256. The van der Waals surface area contributed by atoms with Crippen LogP contribution < -0.4 is 5.32 Å². The number of anilines is 1. The maximum absolute atomic E-state index is 13.6. The van der Waals surface area contributed by atoms with Gasteiger partial charge in [0.05, 0.1) is 6.42 Å². The number of aromatic nitrogens is 4. The number of hydrogen-bond donors (Lipinski definition) is 2. The predicted molar refractivity (Wildman–Crippen MR) is 141 cm³/mol. The molecule has 0 fully saturated rings. The molecule has 0 saturated heterocycles. The number of nitrogens with one attached hydrogen (secondary N) is 1. The van der Waals surface area contributed by atoms with Crippen molar-refractivity contribution in [1.29, 1.82) is 0 Å². The molecule has 38 heavy (non-hydrogen) atoms. The molecule has 0 bridgehead atoms. The summed E-state index contributed by atoms with van der Waals surface area (Å²) in [5.41, 5.74) is 2.56. The molecule has 0 radical (unpaired) electrons. The summed E-state index contributed by atoms with van der Waals surface area (Å²) in [5, 5.41) is 17.2. The molecule has 2 N–H and O–H groups in total. The van der Waals surface area contributed by atoms with Gasteiger partial charge in [-0.15, -0.1) is 23.7 Å². The number of rotatable bonds is 10. The van der Waals surface area contributed by atoms with Crippen molar-refractivity contribution in [1.82, 2.24) is 20.1 Å². The van der Waals surface area contributed by atoms with Crippen molar-refractivity contribution in [3.05, 3.63) is 76.0 Å². The van der Waals surface area contributed by atoms with Gasteiger partial charge in [-0.25, -0.2) is 18.7 Å². The summed E-state index contributed by atoms with van der Waals surface area (Å²) in [6.45, 7) is 0.949. The molecule has 1 aliphatic rings. The number of benzene rings is 1. The van der Waals surface area contributed by atoms with Crippen LogP contribution in [0.2, 0.25) is 0 Å². The van der Waals surface area contributed by atoms with Crippen LogP contribution >= 0.6 is 23.7 Å². The molecule has 1 unspecified atom stereocenters. The lowest BCUT2D eigenvalue weighted by Gasteiger charge is -2.17. The largest absolute Gasteiger partial charge is 0.481 e. The first-order valence-corrected chi connectivity index (χ1v) is 12.9. The summed E-state index contributed by atoms with van der Waals surface area (Å²) in [4.78, 5) is 25.6. The first kappa shape index (κ1) is 27.6. The van der Waals surface area contributed by atoms with Crippen LogP contribution in [-0.4, -0.2) is 37.7 Å². The van der Waals surface area contributed by atoms with Crippen molar-refractivity contribution in [3.63, 3.8) is 0 Å². The molecule has 0 spiro atoms. The Balaban J connectivity index is 0.00000336. The predicted octanol–water partition coefficient (Wildman–Crippen LogP) is 5.62. The number of pyridine rings is 1. The lowest BCUT2D eigenvalue weighted by atomic mass is 10.0. The summed E-state index contributed by atoms with van der Waals surface area (Å²) >= 11 is 1.19. The zero-order valence-corrected chi connectivity index (χ0v) is 22.0. The lowest BCUT2D eigenvalue weighted by molar-refractivity contribution is -0.137. The Morgan fingerprint density at radius 2 is 1.97 bits per heavy atom. The molecule has 1 atom stereocenters. The number of fused-ring (bicyclic) bond motifs is 1. The minimum absolute atomic E-state index is 0. The summed E-state index contributed by atoms with van der Waals surface area (Å²) in [6.07, 6.45) is 5.94. The Morgan fingerprint density at radius 1 is 1.16 bits per heavy atom. The second kappa shape index (κ2) is 12.4. The minimum atomic E-state index is -0.983. The van der Waals surface area contributed by atoms with E-state index in [2.05, 4.69) is 32.6 Å². The molecule has 1 aromatic carbocycles. The molecular formula is C26H26ClF2N5O3S. The van der Waals surface area contributed by atoms with Crippen molar-refractivity contribution in [2.75, 3.05) is 11.9 Å². The van der Waals surface area contributed by atoms with Crippen molar-refractivity contribution in [3.8, 4) is 10.6 Å². The maximum Gasteiger partial charge on any atom is 0.304 e. The van der Waals surface area contributed by atoms with Crippen LogP contribution in [0.4, 0.5) is 14.6 Å². The zero-order chi connectivity index (χ0) is 25.8. The normalized spacial score (nSPS) is 13.3. The van der Waals surface area contributed by atoms with E-state index in [1.807, 2.05) is 0 Å². The van der Waals surface area contributed by atoms with E-state index in [0.29, 0.717) is 33.6 Å². The van der Waals surface area contributed by atoms with Gasteiger partial charge in [0.15, 0.2) is 5.82 Å². The highest BCUT2D eigenvalue weighted by Gasteiger charge is 2.23. The first-order chi connectivity index (χ1) is 17.9. The van der Waals surface area contributed by atoms with Gasteiger partial charge in [0, 0.05) is 53.7 Å². The van der Waals surface area contributed by atoms with Gasteiger partial charge in [-0.1, -0.05) is 11.2 Å². The third-order valence-electron chi connectivity index (χ3n) is 6.17. The fourth-order valence-electron chi connectivity index (χ4n) is 4.39. The first-order valence-electron chi connectivity index (χ1n) is 12.1. The molecular weight excluding hydrogens is 536 g/mol. The van der Waals surface area contributed by atoms with E-state index in [9.17, 15) is 18.7 Å². The molecule has 1 aliphatic heterocycles. The van der Waals surface area contributed by atoms with E-state index in [1.54, 1.807) is 0 Å². The highest BCUT2D eigenvalue weighted by atomic mass is 35.5. The molecule has 8 nitrogen and oxygen atoms in total. The van der Waals surface area contributed by atoms with Gasteiger partial charge in [-0.3, -0.25) is 4.79 Å². The van der Waals surface area contributed by atoms with Crippen molar-refractivity contribution in [2.24, 2.45) is 0 Å². The Morgan fingerprint density at radius 3 is 2.76 bits per heavy atom. The van der Waals surface area contributed by atoms with Gasteiger partial charge in [-0.05, 0) is 49.4 Å². The number of carboxylic acid groups (broad SMARTS) is 1. The van der Waals surface area contributed by atoms with Gasteiger partial charge < -0.3 is 14.9 Å². The lowest BCUT2D eigenvalue weighted by Crippen LogP contribution is -2.14. The van der Waals surface area contributed by atoms with Gasteiger partial charge in [0.2, 0.25) is 5.89 Å². The molecule has 12 heteroatoms. The van der Waals surface area contributed by atoms with E-state index < -0.39 is 23.5 Å². The van der Waals surface area contributed by atoms with Crippen molar-refractivity contribution >= 4 is 35.5 Å². The Labute approximate surface area is 228 Å². The van der Waals surface area contributed by atoms with Crippen molar-refractivity contribution in [2.45, 2.75) is 50.9 Å².